The van der Waals surface area contributed by atoms with Crippen LogP contribution in [0.1, 0.15) is 92.9 Å². The molecule has 136 valence electrons. The van der Waals surface area contributed by atoms with Crippen LogP contribution in [0.2, 0.25) is 0 Å². The second kappa shape index (κ2) is 11.6. The zero-order valence-corrected chi connectivity index (χ0v) is 17.5. The van der Waals surface area contributed by atoms with Crippen LogP contribution in [0.3, 0.4) is 0 Å². The molecular weight excluding hydrogens is 296 g/mol. The smallest absolute Gasteiger partial charge is 0.00847 e. The lowest BCUT2D eigenvalue weighted by Gasteiger charge is -2.21. The second-order valence-electron chi connectivity index (χ2n) is 8.18. The minimum atomic E-state index is 0.728. The first-order valence-corrected chi connectivity index (χ1v) is 11.3. The molecule has 0 aromatic rings. The summed E-state index contributed by atoms with van der Waals surface area (Å²) in [5, 5.41) is 1.71. The number of allylic oxidation sites excluding steroid dienone is 2. The van der Waals surface area contributed by atoms with E-state index in [1.165, 1.54) is 51.4 Å². The molecule has 23 heavy (non-hydrogen) atoms. The Bertz CT molecular complexity index is 322. The van der Waals surface area contributed by atoms with Crippen molar-refractivity contribution >= 4 is 11.8 Å². The third-order valence-corrected chi connectivity index (χ3v) is 7.57. The Balaban J connectivity index is 2.30. The van der Waals surface area contributed by atoms with E-state index < -0.39 is 0 Å². The van der Waals surface area contributed by atoms with Crippen LogP contribution in [-0.4, -0.2) is 10.5 Å². The lowest BCUT2D eigenvalue weighted by Crippen LogP contribution is -2.11. The first-order valence-electron chi connectivity index (χ1n) is 10.3. The molecular formula is C22H42S. The van der Waals surface area contributed by atoms with Gasteiger partial charge in [0.05, 0.1) is 0 Å². The lowest BCUT2D eigenvalue weighted by atomic mass is 9.84. The van der Waals surface area contributed by atoms with Crippen molar-refractivity contribution in [1.82, 2.24) is 0 Å². The van der Waals surface area contributed by atoms with E-state index in [1.807, 2.05) is 0 Å². The van der Waals surface area contributed by atoms with Gasteiger partial charge in [-0.2, -0.15) is 11.8 Å². The van der Waals surface area contributed by atoms with Crippen LogP contribution in [0.5, 0.6) is 0 Å². The molecule has 0 nitrogen and oxygen atoms in total. The molecule has 0 aromatic carbocycles. The maximum absolute atomic E-state index is 2.56. The van der Waals surface area contributed by atoms with Crippen LogP contribution >= 0.6 is 11.8 Å². The molecule has 6 atom stereocenters. The molecule has 5 unspecified atom stereocenters. The zero-order chi connectivity index (χ0) is 17.2. The van der Waals surface area contributed by atoms with Crippen LogP contribution < -0.4 is 0 Å². The zero-order valence-electron chi connectivity index (χ0n) is 16.7. The molecule has 0 aromatic heterocycles. The molecule has 1 heteroatoms. The first kappa shape index (κ1) is 21.1. The van der Waals surface area contributed by atoms with Crippen molar-refractivity contribution < 1.29 is 0 Å². The normalized spacial score (nSPS) is 29.0. The molecule has 0 radical (unpaired) electrons. The third kappa shape index (κ3) is 8.14. The Morgan fingerprint density at radius 3 is 2.43 bits per heavy atom. The minimum absolute atomic E-state index is 0.728. The topological polar surface area (TPSA) is 0 Å². The average Bonchev–Trinajstić information content (AvgIpc) is 2.89. The van der Waals surface area contributed by atoms with E-state index in [4.69, 9.17) is 0 Å². The molecule has 0 spiro atoms. The number of hydrogen-bond donors (Lipinski definition) is 0. The molecule has 0 N–H and O–H groups in total. The summed E-state index contributed by atoms with van der Waals surface area (Å²) in [6, 6.07) is 0. The van der Waals surface area contributed by atoms with Gasteiger partial charge in [0.2, 0.25) is 0 Å². The van der Waals surface area contributed by atoms with Crippen LogP contribution in [0.15, 0.2) is 12.2 Å². The van der Waals surface area contributed by atoms with Gasteiger partial charge >= 0.3 is 0 Å². The standard InChI is InChI=1S/C22H42S/c1-7-9-10-11-12-17(3)15-19(5)18(4)13-14-21-16-22(8-2)23-20(21)6/h13-14,17-22H,7-12,15-16H2,1-6H3/t17?,18?,19?,20?,21-,22?/m0/s1. The van der Waals surface area contributed by atoms with E-state index in [0.717, 1.165) is 34.2 Å². The van der Waals surface area contributed by atoms with Gasteiger partial charge in [-0.3, -0.25) is 0 Å². The van der Waals surface area contributed by atoms with E-state index >= 15 is 0 Å². The summed E-state index contributed by atoms with van der Waals surface area (Å²) in [5.74, 6) is 3.25. The Morgan fingerprint density at radius 1 is 1.09 bits per heavy atom. The average molecular weight is 339 g/mol. The van der Waals surface area contributed by atoms with Gasteiger partial charge in [-0.1, -0.05) is 85.8 Å². The maximum atomic E-state index is 2.56. The summed E-state index contributed by atoms with van der Waals surface area (Å²) < 4.78 is 0. The molecule has 1 heterocycles. The van der Waals surface area contributed by atoms with E-state index in [2.05, 4.69) is 65.5 Å². The van der Waals surface area contributed by atoms with Crippen molar-refractivity contribution in [3.05, 3.63) is 12.2 Å². The fourth-order valence-corrected chi connectivity index (χ4v) is 5.38. The molecule has 0 amide bonds. The molecule has 1 rings (SSSR count). The molecule has 0 bridgehead atoms. The SMILES string of the molecule is CCCCCCC(C)CC(C)C(C)C=C[C@H]1CC(CC)SC1C. The highest BCUT2D eigenvalue weighted by Gasteiger charge is 2.29. The van der Waals surface area contributed by atoms with E-state index in [1.54, 1.807) is 0 Å². The highest BCUT2D eigenvalue weighted by atomic mass is 32.2. The van der Waals surface area contributed by atoms with E-state index in [0.29, 0.717) is 0 Å². The van der Waals surface area contributed by atoms with Crippen molar-refractivity contribution in [2.45, 2.75) is 103 Å². The molecule has 1 aliphatic rings. The number of rotatable bonds is 11. The van der Waals surface area contributed by atoms with Crippen LogP contribution in [0.4, 0.5) is 0 Å². The fourth-order valence-electron chi connectivity index (χ4n) is 3.85. The van der Waals surface area contributed by atoms with Crippen LogP contribution in [0.25, 0.3) is 0 Å². The van der Waals surface area contributed by atoms with Gasteiger partial charge in [-0.15, -0.1) is 0 Å². The maximum Gasteiger partial charge on any atom is 0.00847 e. The van der Waals surface area contributed by atoms with Crippen molar-refractivity contribution in [3.8, 4) is 0 Å². The highest BCUT2D eigenvalue weighted by Crippen LogP contribution is 2.40. The van der Waals surface area contributed by atoms with Crippen molar-refractivity contribution in [1.29, 1.82) is 0 Å². The van der Waals surface area contributed by atoms with Crippen molar-refractivity contribution in [2.24, 2.45) is 23.7 Å². The molecule has 0 saturated carbocycles. The summed E-state index contributed by atoms with van der Waals surface area (Å²) in [4.78, 5) is 0. The van der Waals surface area contributed by atoms with Gasteiger partial charge in [0.25, 0.3) is 0 Å². The Labute approximate surface area is 151 Å². The predicted octanol–water partition coefficient (Wildman–Crippen LogP) is 7.73. The Morgan fingerprint density at radius 2 is 1.83 bits per heavy atom. The summed E-state index contributed by atoms with van der Waals surface area (Å²) in [6.07, 6.45) is 16.3. The Hall–Kier alpha value is 0.0900. The van der Waals surface area contributed by atoms with E-state index in [9.17, 15) is 0 Å². The van der Waals surface area contributed by atoms with Crippen LogP contribution in [0, 0.1) is 23.7 Å². The second-order valence-corrected chi connectivity index (χ2v) is 9.86. The minimum Gasteiger partial charge on any atom is -0.155 e. The van der Waals surface area contributed by atoms with Crippen molar-refractivity contribution in [3.63, 3.8) is 0 Å². The van der Waals surface area contributed by atoms with E-state index in [-0.39, 0.29) is 0 Å². The first-order chi connectivity index (χ1) is 11.0. The highest BCUT2D eigenvalue weighted by molar-refractivity contribution is 8.00. The predicted molar refractivity (Wildman–Crippen MR) is 109 cm³/mol. The van der Waals surface area contributed by atoms with Gasteiger partial charge in [-0.25, -0.2) is 0 Å². The summed E-state index contributed by atoms with van der Waals surface area (Å²) in [5.41, 5.74) is 0. The number of thioether (sulfide) groups is 1. The lowest BCUT2D eigenvalue weighted by molar-refractivity contribution is 0.334. The van der Waals surface area contributed by atoms with Gasteiger partial charge in [0.15, 0.2) is 0 Å². The Kier molecular flexibility index (Phi) is 10.7. The van der Waals surface area contributed by atoms with Crippen molar-refractivity contribution in [2.75, 3.05) is 0 Å². The fraction of sp³-hybridized carbons (Fsp3) is 0.909. The summed E-state index contributed by atoms with van der Waals surface area (Å²) >= 11 is 2.21. The van der Waals surface area contributed by atoms with Gasteiger partial charge < -0.3 is 0 Å². The number of hydrogen-bond acceptors (Lipinski definition) is 1. The monoisotopic (exact) mass is 338 g/mol. The van der Waals surface area contributed by atoms with Gasteiger partial charge in [0, 0.05) is 10.5 Å². The summed E-state index contributed by atoms with van der Waals surface area (Å²) in [6.45, 7) is 14.4. The molecule has 1 fully saturated rings. The van der Waals surface area contributed by atoms with Crippen LogP contribution in [-0.2, 0) is 0 Å². The quantitative estimate of drug-likeness (QED) is 0.274. The van der Waals surface area contributed by atoms with Gasteiger partial charge in [0.1, 0.15) is 0 Å². The van der Waals surface area contributed by atoms with Gasteiger partial charge in [-0.05, 0) is 42.9 Å². The number of unbranched alkanes of at least 4 members (excludes halogenated alkanes) is 3. The molecule has 0 aliphatic carbocycles. The largest absolute Gasteiger partial charge is 0.155 e. The molecule has 1 saturated heterocycles. The molecule has 1 aliphatic heterocycles. The third-order valence-electron chi connectivity index (χ3n) is 5.88. The summed E-state index contributed by atoms with van der Waals surface area (Å²) in [7, 11) is 0.